The van der Waals surface area contributed by atoms with Crippen LogP contribution in [-0.4, -0.2) is 59.6 Å². The average Bonchev–Trinajstić information content (AvgIpc) is 2.87. The number of aromatic nitrogens is 1. The lowest BCUT2D eigenvalue weighted by molar-refractivity contribution is 0.170. The van der Waals surface area contributed by atoms with Crippen LogP contribution in [0.5, 0.6) is 5.88 Å². The van der Waals surface area contributed by atoms with Crippen LogP contribution in [0.3, 0.4) is 0 Å². The predicted molar refractivity (Wildman–Crippen MR) is 88.4 cm³/mol. The first-order valence-corrected chi connectivity index (χ1v) is 8.49. The first kappa shape index (κ1) is 16.1. The van der Waals surface area contributed by atoms with Crippen molar-refractivity contribution in [3.05, 3.63) is 23.9 Å². The minimum absolute atomic E-state index is 0.0417. The van der Waals surface area contributed by atoms with Crippen LogP contribution in [0.15, 0.2) is 18.2 Å². The Kier molecular flexibility index (Phi) is 5.00. The molecule has 2 bridgehead atoms. The Morgan fingerprint density at radius 3 is 2.96 bits per heavy atom. The number of carbonyl (C=O) groups is 1. The topological polar surface area (TPSA) is 57.7 Å². The third-order valence-electron chi connectivity index (χ3n) is 4.96. The molecule has 3 heterocycles. The van der Waals surface area contributed by atoms with E-state index in [0.717, 1.165) is 44.6 Å². The molecule has 6 heteroatoms. The van der Waals surface area contributed by atoms with Gasteiger partial charge in [-0.05, 0) is 31.9 Å². The number of rotatable bonds is 4. The van der Waals surface area contributed by atoms with Crippen LogP contribution in [0, 0.1) is 0 Å². The van der Waals surface area contributed by atoms with Gasteiger partial charge in [0.1, 0.15) is 0 Å². The second kappa shape index (κ2) is 7.17. The van der Waals surface area contributed by atoms with Crippen molar-refractivity contribution in [3.8, 4) is 5.88 Å². The van der Waals surface area contributed by atoms with Gasteiger partial charge in [0.25, 0.3) is 0 Å². The van der Waals surface area contributed by atoms with E-state index in [1.54, 1.807) is 13.2 Å². The summed E-state index contributed by atoms with van der Waals surface area (Å²) in [6, 6.07) is 6.37. The summed E-state index contributed by atoms with van der Waals surface area (Å²) in [4.78, 5) is 21.5. The molecule has 2 aliphatic heterocycles. The third-order valence-corrected chi connectivity index (χ3v) is 4.96. The van der Waals surface area contributed by atoms with Gasteiger partial charge in [0.15, 0.2) is 0 Å². The summed E-state index contributed by atoms with van der Waals surface area (Å²) in [6.45, 7) is 5.78. The molecular formula is C17H26N4O2. The first-order valence-electron chi connectivity index (χ1n) is 8.49. The SMILES string of the molecule is CCN1CC[C@H]2CC[C@@H](C1)N2C(=O)NCc1cccc(OC)n1. The van der Waals surface area contributed by atoms with Gasteiger partial charge < -0.3 is 19.9 Å². The lowest BCUT2D eigenvalue weighted by atomic mass is 10.1. The summed E-state index contributed by atoms with van der Waals surface area (Å²) in [7, 11) is 1.60. The Balaban J connectivity index is 1.61. The van der Waals surface area contributed by atoms with Crippen molar-refractivity contribution in [1.29, 1.82) is 0 Å². The van der Waals surface area contributed by atoms with Crippen molar-refractivity contribution in [1.82, 2.24) is 20.1 Å². The summed E-state index contributed by atoms with van der Waals surface area (Å²) in [5.41, 5.74) is 0.815. The van der Waals surface area contributed by atoms with Gasteiger partial charge in [0, 0.05) is 31.2 Å². The monoisotopic (exact) mass is 318 g/mol. The molecule has 2 saturated heterocycles. The van der Waals surface area contributed by atoms with Crippen LogP contribution >= 0.6 is 0 Å². The summed E-state index contributed by atoms with van der Waals surface area (Å²) in [5.74, 6) is 0.574. The molecule has 0 aromatic carbocycles. The van der Waals surface area contributed by atoms with Gasteiger partial charge in [-0.3, -0.25) is 0 Å². The van der Waals surface area contributed by atoms with Crippen molar-refractivity contribution in [2.24, 2.45) is 0 Å². The summed E-state index contributed by atoms with van der Waals surface area (Å²) >= 11 is 0. The number of nitrogens with one attached hydrogen (secondary N) is 1. The van der Waals surface area contributed by atoms with Gasteiger partial charge in [-0.1, -0.05) is 13.0 Å². The Labute approximate surface area is 137 Å². The molecule has 1 aromatic rings. The van der Waals surface area contributed by atoms with Crippen LogP contribution < -0.4 is 10.1 Å². The Bertz CT molecular complexity index is 551. The third kappa shape index (κ3) is 3.58. The van der Waals surface area contributed by atoms with Gasteiger partial charge in [0.05, 0.1) is 19.3 Å². The van der Waals surface area contributed by atoms with Crippen molar-refractivity contribution in [2.45, 2.75) is 44.8 Å². The minimum Gasteiger partial charge on any atom is -0.481 e. The predicted octanol–water partition coefficient (Wildman–Crippen LogP) is 1.86. The van der Waals surface area contributed by atoms with E-state index in [0.29, 0.717) is 24.5 Å². The highest BCUT2D eigenvalue weighted by molar-refractivity contribution is 5.75. The lowest BCUT2D eigenvalue weighted by Gasteiger charge is -2.28. The normalized spacial score (nSPS) is 24.3. The first-order chi connectivity index (χ1) is 11.2. The maximum atomic E-state index is 12.7. The molecule has 2 aliphatic rings. The van der Waals surface area contributed by atoms with Gasteiger partial charge in [-0.2, -0.15) is 0 Å². The number of likely N-dealkylation sites (tertiary alicyclic amines) is 1. The highest BCUT2D eigenvalue weighted by Gasteiger charge is 2.39. The quantitative estimate of drug-likeness (QED) is 0.920. The summed E-state index contributed by atoms with van der Waals surface area (Å²) < 4.78 is 5.12. The maximum Gasteiger partial charge on any atom is 0.318 e. The second-order valence-corrected chi connectivity index (χ2v) is 6.30. The zero-order valence-electron chi connectivity index (χ0n) is 14.0. The number of fused-ring (bicyclic) bond motifs is 2. The number of carbonyl (C=O) groups excluding carboxylic acids is 1. The van der Waals surface area contributed by atoms with Crippen molar-refractivity contribution in [2.75, 3.05) is 26.7 Å². The molecular weight excluding hydrogens is 292 g/mol. The van der Waals surface area contributed by atoms with Gasteiger partial charge in [-0.25, -0.2) is 9.78 Å². The molecule has 0 radical (unpaired) electrons. The number of hydrogen-bond acceptors (Lipinski definition) is 4. The summed E-state index contributed by atoms with van der Waals surface area (Å²) in [5, 5.41) is 3.03. The number of pyridine rings is 1. The number of amides is 2. The van der Waals surface area contributed by atoms with Crippen LogP contribution in [0.2, 0.25) is 0 Å². The number of nitrogens with zero attached hydrogens (tertiary/aromatic N) is 3. The largest absolute Gasteiger partial charge is 0.481 e. The van der Waals surface area contributed by atoms with E-state index in [9.17, 15) is 4.79 Å². The molecule has 3 rings (SSSR count). The molecule has 0 unspecified atom stereocenters. The number of methoxy groups -OCH3 is 1. The Hall–Kier alpha value is -1.82. The lowest BCUT2D eigenvalue weighted by Crippen LogP contribution is -2.48. The average molecular weight is 318 g/mol. The van der Waals surface area contributed by atoms with E-state index in [1.807, 2.05) is 12.1 Å². The molecule has 1 N–H and O–H groups in total. The number of hydrogen-bond donors (Lipinski definition) is 1. The van der Waals surface area contributed by atoms with Crippen molar-refractivity contribution >= 4 is 6.03 Å². The smallest absolute Gasteiger partial charge is 0.318 e. The van der Waals surface area contributed by atoms with E-state index in [2.05, 4.69) is 27.0 Å². The fraction of sp³-hybridized carbons (Fsp3) is 0.647. The molecule has 0 saturated carbocycles. The van der Waals surface area contributed by atoms with Crippen molar-refractivity contribution in [3.63, 3.8) is 0 Å². The van der Waals surface area contributed by atoms with Gasteiger partial charge in [-0.15, -0.1) is 0 Å². The van der Waals surface area contributed by atoms with E-state index in [1.165, 1.54) is 0 Å². The minimum atomic E-state index is 0.0417. The van der Waals surface area contributed by atoms with Gasteiger partial charge >= 0.3 is 6.03 Å². The Morgan fingerprint density at radius 1 is 1.35 bits per heavy atom. The van der Waals surface area contributed by atoms with E-state index in [-0.39, 0.29) is 6.03 Å². The maximum absolute atomic E-state index is 12.7. The standard InChI is InChI=1S/C17H26N4O2/c1-3-20-10-9-14-7-8-15(12-20)21(14)17(22)18-11-13-5-4-6-16(19-13)23-2/h4-6,14-15H,3,7-12H2,1-2H3,(H,18,22)/t14-,15+/m1/s1. The number of urea groups is 1. The summed E-state index contributed by atoms with van der Waals surface area (Å²) in [6.07, 6.45) is 3.33. The fourth-order valence-corrected chi connectivity index (χ4v) is 3.69. The fourth-order valence-electron chi connectivity index (χ4n) is 3.69. The second-order valence-electron chi connectivity index (χ2n) is 6.30. The van der Waals surface area contributed by atoms with Crippen LogP contribution in [0.25, 0.3) is 0 Å². The number of likely N-dealkylation sites (N-methyl/N-ethyl adjacent to an activating group) is 1. The molecule has 1 aromatic heterocycles. The van der Waals surface area contributed by atoms with E-state index >= 15 is 0 Å². The zero-order valence-corrected chi connectivity index (χ0v) is 14.0. The zero-order chi connectivity index (χ0) is 16.2. The van der Waals surface area contributed by atoms with E-state index in [4.69, 9.17) is 4.74 Å². The molecule has 2 atom stereocenters. The molecule has 0 aliphatic carbocycles. The molecule has 23 heavy (non-hydrogen) atoms. The Morgan fingerprint density at radius 2 is 2.17 bits per heavy atom. The van der Waals surface area contributed by atoms with Crippen molar-refractivity contribution < 1.29 is 9.53 Å². The van der Waals surface area contributed by atoms with E-state index < -0.39 is 0 Å². The number of ether oxygens (including phenoxy) is 1. The molecule has 2 amide bonds. The molecule has 126 valence electrons. The molecule has 6 nitrogen and oxygen atoms in total. The highest BCUT2D eigenvalue weighted by atomic mass is 16.5. The van der Waals surface area contributed by atoms with Crippen LogP contribution in [-0.2, 0) is 6.54 Å². The molecule has 0 spiro atoms. The highest BCUT2D eigenvalue weighted by Crippen LogP contribution is 2.30. The van der Waals surface area contributed by atoms with Crippen LogP contribution in [0.4, 0.5) is 4.79 Å². The van der Waals surface area contributed by atoms with Crippen LogP contribution in [0.1, 0.15) is 31.9 Å². The molecule has 2 fully saturated rings. The van der Waals surface area contributed by atoms with Gasteiger partial charge in [0.2, 0.25) is 5.88 Å².